The predicted molar refractivity (Wildman–Crippen MR) is 96.8 cm³/mol. The third-order valence-corrected chi connectivity index (χ3v) is 5.38. The lowest BCUT2D eigenvalue weighted by atomic mass is 9.89. The molecule has 0 radical (unpaired) electrons. The van der Waals surface area contributed by atoms with Gasteiger partial charge in [-0.25, -0.2) is 10.0 Å². The second-order valence-electron chi connectivity index (χ2n) is 8.62. The van der Waals surface area contributed by atoms with E-state index < -0.39 is 0 Å². The van der Waals surface area contributed by atoms with Crippen LogP contribution in [0.1, 0.15) is 91.9 Å². The second kappa shape index (κ2) is 9.27. The molecule has 0 aromatic heterocycles. The van der Waals surface area contributed by atoms with Gasteiger partial charge >= 0.3 is 0 Å². The van der Waals surface area contributed by atoms with Crippen LogP contribution < -0.4 is 0 Å². The normalized spacial score (nSPS) is 22.4. The summed E-state index contributed by atoms with van der Waals surface area (Å²) in [5, 5.41) is 5.69. The van der Waals surface area contributed by atoms with Crippen LogP contribution in [0.15, 0.2) is 0 Å². The molecule has 130 valence electrons. The Balaban J connectivity index is 2.13. The van der Waals surface area contributed by atoms with E-state index in [4.69, 9.17) is 0 Å². The summed E-state index contributed by atoms with van der Waals surface area (Å²) in [6.45, 7) is 12.0. The zero-order chi connectivity index (χ0) is 15.9. The fourth-order valence-corrected chi connectivity index (χ4v) is 4.56. The molecule has 0 spiro atoms. The van der Waals surface area contributed by atoms with Crippen molar-refractivity contribution in [1.82, 2.24) is 10.0 Å². The molecule has 0 saturated heterocycles. The lowest BCUT2D eigenvalue weighted by Gasteiger charge is -2.49. The van der Waals surface area contributed by atoms with Crippen LogP contribution >= 0.6 is 0 Å². The quantitative estimate of drug-likeness (QED) is 0.574. The first-order valence-electron chi connectivity index (χ1n) is 10.1. The Labute approximate surface area is 139 Å². The van der Waals surface area contributed by atoms with E-state index in [9.17, 15) is 0 Å². The zero-order valence-electron chi connectivity index (χ0n) is 15.7. The van der Waals surface area contributed by atoms with Crippen LogP contribution in [0.4, 0.5) is 0 Å². The molecule has 0 heterocycles. The summed E-state index contributed by atoms with van der Waals surface area (Å²) in [7, 11) is 0. The SMILES string of the molecule is CC(C)CN(CC(C)C)N(C1CCCCC1)C1CCCCC1. The van der Waals surface area contributed by atoms with Crippen molar-refractivity contribution in [3.63, 3.8) is 0 Å². The van der Waals surface area contributed by atoms with E-state index in [-0.39, 0.29) is 0 Å². The number of hydrogen-bond acceptors (Lipinski definition) is 2. The van der Waals surface area contributed by atoms with Gasteiger partial charge in [0.1, 0.15) is 0 Å². The van der Waals surface area contributed by atoms with Crippen LogP contribution in [0.2, 0.25) is 0 Å². The van der Waals surface area contributed by atoms with Crippen LogP contribution in [0.5, 0.6) is 0 Å². The Morgan fingerprint density at radius 2 is 1.00 bits per heavy atom. The summed E-state index contributed by atoms with van der Waals surface area (Å²) < 4.78 is 0. The van der Waals surface area contributed by atoms with Crippen molar-refractivity contribution in [2.24, 2.45) is 11.8 Å². The van der Waals surface area contributed by atoms with Gasteiger partial charge in [0, 0.05) is 25.2 Å². The van der Waals surface area contributed by atoms with Crippen molar-refractivity contribution in [3.05, 3.63) is 0 Å². The zero-order valence-corrected chi connectivity index (χ0v) is 15.7. The summed E-state index contributed by atoms with van der Waals surface area (Å²) in [4.78, 5) is 0. The van der Waals surface area contributed by atoms with Crippen molar-refractivity contribution in [1.29, 1.82) is 0 Å². The minimum atomic E-state index is 0.758. The maximum Gasteiger partial charge on any atom is 0.0249 e. The lowest BCUT2D eigenvalue weighted by Crippen LogP contribution is -2.57. The molecule has 2 aliphatic rings. The molecule has 22 heavy (non-hydrogen) atoms. The molecule has 2 fully saturated rings. The molecule has 0 bridgehead atoms. The van der Waals surface area contributed by atoms with E-state index in [0.717, 1.165) is 23.9 Å². The Hall–Kier alpha value is -0.0800. The van der Waals surface area contributed by atoms with Crippen molar-refractivity contribution in [3.8, 4) is 0 Å². The van der Waals surface area contributed by atoms with Gasteiger partial charge in [-0.3, -0.25) is 0 Å². The number of nitrogens with zero attached hydrogens (tertiary/aromatic N) is 2. The largest absolute Gasteiger partial charge is 0.241 e. The highest BCUT2D eigenvalue weighted by Crippen LogP contribution is 2.32. The molecule has 0 atom stereocenters. The van der Waals surface area contributed by atoms with E-state index in [1.807, 2.05) is 0 Å². The number of hydrogen-bond donors (Lipinski definition) is 0. The maximum atomic E-state index is 2.92. The van der Waals surface area contributed by atoms with Gasteiger partial charge in [0.2, 0.25) is 0 Å². The summed E-state index contributed by atoms with van der Waals surface area (Å²) in [6.07, 6.45) is 14.5. The van der Waals surface area contributed by atoms with Crippen LogP contribution in [0.3, 0.4) is 0 Å². The smallest absolute Gasteiger partial charge is 0.0249 e. The maximum absolute atomic E-state index is 2.92. The van der Waals surface area contributed by atoms with E-state index in [2.05, 4.69) is 37.7 Å². The fraction of sp³-hybridized carbons (Fsp3) is 1.00. The van der Waals surface area contributed by atoms with Gasteiger partial charge in [-0.2, -0.15) is 0 Å². The van der Waals surface area contributed by atoms with Gasteiger partial charge in [0.25, 0.3) is 0 Å². The molecular formula is C20H40N2. The van der Waals surface area contributed by atoms with Crippen molar-refractivity contribution < 1.29 is 0 Å². The highest BCUT2D eigenvalue weighted by atomic mass is 15.6. The molecule has 0 amide bonds. The molecule has 2 heteroatoms. The molecule has 2 nitrogen and oxygen atoms in total. The summed E-state index contributed by atoms with van der Waals surface area (Å²) in [5.41, 5.74) is 0. The van der Waals surface area contributed by atoms with Gasteiger partial charge in [-0.05, 0) is 37.5 Å². The first-order valence-corrected chi connectivity index (χ1v) is 10.1. The topological polar surface area (TPSA) is 6.48 Å². The van der Waals surface area contributed by atoms with Crippen LogP contribution in [0.25, 0.3) is 0 Å². The van der Waals surface area contributed by atoms with Crippen molar-refractivity contribution in [2.45, 2.75) is 104 Å². The molecule has 0 N–H and O–H groups in total. The van der Waals surface area contributed by atoms with Gasteiger partial charge in [-0.1, -0.05) is 66.2 Å². The van der Waals surface area contributed by atoms with Crippen molar-refractivity contribution >= 4 is 0 Å². The number of rotatable bonds is 7. The minimum absolute atomic E-state index is 0.758. The molecule has 0 aromatic carbocycles. The molecule has 2 saturated carbocycles. The summed E-state index contributed by atoms with van der Waals surface area (Å²) in [5.74, 6) is 1.52. The predicted octanol–water partition coefficient (Wildman–Crippen LogP) is 5.48. The Bertz CT molecular complexity index is 260. The molecule has 2 rings (SSSR count). The van der Waals surface area contributed by atoms with Crippen LogP contribution in [-0.4, -0.2) is 35.2 Å². The molecule has 2 aliphatic carbocycles. The van der Waals surface area contributed by atoms with E-state index in [1.165, 1.54) is 77.3 Å². The Morgan fingerprint density at radius 1 is 0.636 bits per heavy atom. The van der Waals surface area contributed by atoms with Gasteiger partial charge in [-0.15, -0.1) is 0 Å². The monoisotopic (exact) mass is 308 g/mol. The fourth-order valence-electron chi connectivity index (χ4n) is 4.56. The average molecular weight is 309 g/mol. The highest BCUT2D eigenvalue weighted by Gasteiger charge is 2.33. The van der Waals surface area contributed by atoms with Gasteiger partial charge in [0.05, 0.1) is 0 Å². The molecule has 0 aromatic rings. The third kappa shape index (κ3) is 5.53. The summed E-state index contributed by atoms with van der Waals surface area (Å²) >= 11 is 0. The lowest BCUT2D eigenvalue weighted by molar-refractivity contribution is -0.122. The molecule has 0 aliphatic heterocycles. The summed E-state index contributed by atoms with van der Waals surface area (Å²) in [6, 6.07) is 1.66. The molecular weight excluding hydrogens is 268 g/mol. The second-order valence-corrected chi connectivity index (χ2v) is 8.62. The third-order valence-electron chi connectivity index (χ3n) is 5.38. The Kier molecular flexibility index (Phi) is 7.70. The first kappa shape index (κ1) is 18.3. The van der Waals surface area contributed by atoms with Crippen LogP contribution in [0, 0.1) is 11.8 Å². The standard InChI is InChI=1S/C20H40N2/c1-17(2)15-21(16-18(3)4)22(19-11-7-5-8-12-19)20-13-9-6-10-14-20/h17-20H,5-16H2,1-4H3. The van der Waals surface area contributed by atoms with E-state index in [0.29, 0.717) is 0 Å². The van der Waals surface area contributed by atoms with Gasteiger partial charge in [0.15, 0.2) is 0 Å². The average Bonchev–Trinajstić information content (AvgIpc) is 2.48. The first-order chi connectivity index (χ1) is 10.6. The molecule has 0 unspecified atom stereocenters. The number of hydrazine groups is 1. The van der Waals surface area contributed by atoms with Crippen LogP contribution in [-0.2, 0) is 0 Å². The minimum Gasteiger partial charge on any atom is -0.241 e. The van der Waals surface area contributed by atoms with Gasteiger partial charge < -0.3 is 0 Å². The van der Waals surface area contributed by atoms with E-state index in [1.54, 1.807) is 0 Å². The Morgan fingerprint density at radius 3 is 1.32 bits per heavy atom. The van der Waals surface area contributed by atoms with E-state index >= 15 is 0 Å². The highest BCUT2D eigenvalue weighted by molar-refractivity contribution is 4.83. The van der Waals surface area contributed by atoms with Crippen molar-refractivity contribution in [2.75, 3.05) is 13.1 Å².